The van der Waals surface area contributed by atoms with Crippen LogP contribution < -0.4 is 10.4 Å². The molecule has 1 aliphatic carbocycles. The van der Waals surface area contributed by atoms with Gasteiger partial charge in [0.05, 0.1) is 0 Å². The normalized spacial score (nSPS) is 15.6. The third-order valence-electron chi connectivity index (χ3n) is 4.69. The van der Waals surface area contributed by atoms with Gasteiger partial charge in [-0.25, -0.2) is 5.48 Å². The van der Waals surface area contributed by atoms with Crippen molar-refractivity contribution in [3.8, 4) is 0 Å². The zero-order valence-corrected chi connectivity index (χ0v) is 13.9. The number of amides is 1. The average molecular weight is 332 g/mol. The summed E-state index contributed by atoms with van der Waals surface area (Å²) in [5, 5.41) is 8.60. The Bertz CT molecular complexity index is 866. The number of nitrogens with zero attached hydrogens (tertiary/aromatic N) is 1. The van der Waals surface area contributed by atoms with Gasteiger partial charge in [-0.1, -0.05) is 36.4 Å². The third-order valence-corrected chi connectivity index (χ3v) is 4.69. The molecule has 0 atom stereocenters. The Kier molecular flexibility index (Phi) is 4.12. The summed E-state index contributed by atoms with van der Waals surface area (Å²) in [6, 6.07) is 14.7. The van der Waals surface area contributed by atoms with Gasteiger partial charge < -0.3 is 4.90 Å². The Morgan fingerprint density at radius 2 is 1.88 bits per heavy atom. The molecule has 1 aliphatic heterocycles. The van der Waals surface area contributed by atoms with Crippen LogP contribution in [-0.2, 0) is 4.79 Å². The van der Waals surface area contributed by atoms with Gasteiger partial charge in [-0.3, -0.25) is 10.0 Å². The molecular formula is C21H20N2O2. The molecule has 0 unspecified atom stereocenters. The van der Waals surface area contributed by atoms with E-state index in [0.29, 0.717) is 0 Å². The van der Waals surface area contributed by atoms with Crippen molar-refractivity contribution in [1.82, 2.24) is 5.48 Å². The molecule has 0 bridgehead atoms. The molecule has 4 nitrogen and oxygen atoms in total. The Labute approximate surface area is 147 Å². The molecule has 2 aromatic carbocycles. The minimum Gasteiger partial charge on any atom is -0.340 e. The highest BCUT2D eigenvalue weighted by Gasteiger charge is 2.27. The number of fused-ring (bicyclic) bond motifs is 2. The summed E-state index contributed by atoms with van der Waals surface area (Å²) in [7, 11) is 0. The Balaban J connectivity index is 1.74. The lowest BCUT2D eigenvalue weighted by Crippen LogP contribution is -2.21. The van der Waals surface area contributed by atoms with Crippen molar-refractivity contribution in [3.63, 3.8) is 0 Å². The van der Waals surface area contributed by atoms with Crippen molar-refractivity contribution in [2.24, 2.45) is 5.92 Å². The second kappa shape index (κ2) is 6.57. The monoisotopic (exact) mass is 332 g/mol. The van der Waals surface area contributed by atoms with Crippen LogP contribution in [0.3, 0.4) is 0 Å². The molecule has 1 saturated carbocycles. The molecule has 1 amide bonds. The highest BCUT2D eigenvalue weighted by molar-refractivity contribution is 5.92. The fourth-order valence-electron chi connectivity index (χ4n) is 3.20. The maximum absolute atomic E-state index is 11.2. The summed E-state index contributed by atoms with van der Waals surface area (Å²) < 4.78 is 0. The van der Waals surface area contributed by atoms with Crippen LogP contribution in [0.25, 0.3) is 18.2 Å². The predicted molar refractivity (Wildman–Crippen MR) is 101 cm³/mol. The van der Waals surface area contributed by atoms with Crippen molar-refractivity contribution in [1.29, 1.82) is 0 Å². The van der Waals surface area contributed by atoms with E-state index in [2.05, 4.69) is 53.5 Å². The molecule has 2 aliphatic rings. The zero-order chi connectivity index (χ0) is 17.2. The van der Waals surface area contributed by atoms with Crippen molar-refractivity contribution < 1.29 is 10.0 Å². The SMILES string of the molecule is O=C(C=Cc1ccc2c(c1)C=Cc1ccccc1N2CC1CC1)NO. The summed E-state index contributed by atoms with van der Waals surface area (Å²) in [6.07, 6.45) is 9.90. The van der Waals surface area contributed by atoms with Crippen LogP contribution in [0.4, 0.5) is 11.4 Å². The number of anilines is 2. The van der Waals surface area contributed by atoms with Gasteiger partial charge in [0.25, 0.3) is 5.91 Å². The van der Waals surface area contributed by atoms with E-state index < -0.39 is 5.91 Å². The minimum atomic E-state index is -0.534. The topological polar surface area (TPSA) is 52.6 Å². The quantitative estimate of drug-likeness (QED) is 0.500. The molecule has 25 heavy (non-hydrogen) atoms. The van der Waals surface area contributed by atoms with E-state index in [-0.39, 0.29) is 0 Å². The van der Waals surface area contributed by atoms with Crippen LogP contribution in [-0.4, -0.2) is 17.7 Å². The van der Waals surface area contributed by atoms with Crippen molar-refractivity contribution >= 4 is 35.5 Å². The second-order valence-corrected chi connectivity index (χ2v) is 6.57. The van der Waals surface area contributed by atoms with Crippen LogP contribution in [0.1, 0.15) is 29.5 Å². The van der Waals surface area contributed by atoms with Gasteiger partial charge in [-0.15, -0.1) is 0 Å². The van der Waals surface area contributed by atoms with Crippen LogP contribution >= 0.6 is 0 Å². The van der Waals surface area contributed by atoms with Crippen molar-refractivity contribution in [2.75, 3.05) is 11.4 Å². The summed E-state index contributed by atoms with van der Waals surface area (Å²) in [5.41, 5.74) is 7.31. The summed E-state index contributed by atoms with van der Waals surface area (Å²) in [4.78, 5) is 13.6. The van der Waals surface area contributed by atoms with Gasteiger partial charge in [0.2, 0.25) is 0 Å². The molecule has 0 radical (unpaired) electrons. The summed E-state index contributed by atoms with van der Waals surface area (Å²) >= 11 is 0. The average Bonchev–Trinajstić information content (AvgIpc) is 3.48. The van der Waals surface area contributed by atoms with Gasteiger partial charge in [-0.05, 0) is 59.7 Å². The first kappa shape index (κ1) is 15.7. The molecule has 126 valence electrons. The first-order chi connectivity index (χ1) is 12.2. The van der Waals surface area contributed by atoms with Crippen LogP contribution in [0, 0.1) is 5.92 Å². The summed E-state index contributed by atoms with van der Waals surface area (Å²) in [5.74, 6) is 0.236. The number of hydroxylamine groups is 1. The maximum Gasteiger partial charge on any atom is 0.267 e. The first-order valence-electron chi connectivity index (χ1n) is 8.55. The molecular weight excluding hydrogens is 312 g/mol. The van der Waals surface area contributed by atoms with Gasteiger partial charge in [0.15, 0.2) is 0 Å². The summed E-state index contributed by atoms with van der Waals surface area (Å²) in [6.45, 7) is 1.04. The molecule has 2 N–H and O–H groups in total. The van der Waals surface area contributed by atoms with E-state index in [1.54, 1.807) is 11.6 Å². The number of nitrogens with one attached hydrogen (secondary N) is 1. The van der Waals surface area contributed by atoms with E-state index in [1.165, 1.54) is 35.9 Å². The number of hydrogen-bond acceptors (Lipinski definition) is 3. The van der Waals surface area contributed by atoms with E-state index in [0.717, 1.165) is 23.6 Å². The first-order valence-corrected chi connectivity index (χ1v) is 8.55. The van der Waals surface area contributed by atoms with Crippen LogP contribution in [0.15, 0.2) is 48.5 Å². The highest BCUT2D eigenvalue weighted by Crippen LogP contribution is 2.40. The number of benzene rings is 2. The van der Waals surface area contributed by atoms with Gasteiger partial charge in [0.1, 0.15) is 0 Å². The van der Waals surface area contributed by atoms with Gasteiger partial charge >= 0.3 is 0 Å². The van der Waals surface area contributed by atoms with Crippen LogP contribution in [0.5, 0.6) is 0 Å². The Morgan fingerprint density at radius 3 is 2.68 bits per heavy atom. The van der Waals surface area contributed by atoms with Crippen molar-refractivity contribution in [2.45, 2.75) is 12.8 Å². The zero-order valence-electron chi connectivity index (χ0n) is 13.9. The minimum absolute atomic E-state index is 0.534. The van der Waals surface area contributed by atoms with Crippen LogP contribution in [0.2, 0.25) is 0 Å². The largest absolute Gasteiger partial charge is 0.340 e. The molecule has 0 saturated heterocycles. The molecule has 2 aromatic rings. The number of hydrogen-bond donors (Lipinski definition) is 2. The number of carbonyl (C=O) groups is 1. The number of para-hydroxylation sites is 1. The molecule has 0 spiro atoms. The molecule has 4 heteroatoms. The van der Waals surface area contributed by atoms with Gasteiger partial charge in [0, 0.05) is 24.0 Å². The highest BCUT2D eigenvalue weighted by atomic mass is 16.5. The lowest BCUT2D eigenvalue weighted by molar-refractivity contribution is -0.124. The smallest absolute Gasteiger partial charge is 0.267 e. The lowest BCUT2D eigenvalue weighted by Gasteiger charge is -2.27. The maximum atomic E-state index is 11.2. The Morgan fingerprint density at radius 1 is 1.12 bits per heavy atom. The molecule has 0 aromatic heterocycles. The van der Waals surface area contributed by atoms with Gasteiger partial charge in [-0.2, -0.15) is 0 Å². The van der Waals surface area contributed by atoms with E-state index in [4.69, 9.17) is 5.21 Å². The number of carbonyl (C=O) groups excluding carboxylic acids is 1. The molecule has 1 heterocycles. The predicted octanol–water partition coefficient (Wildman–Crippen LogP) is 4.24. The van der Waals surface area contributed by atoms with E-state index in [9.17, 15) is 4.79 Å². The van der Waals surface area contributed by atoms with E-state index >= 15 is 0 Å². The third kappa shape index (κ3) is 3.35. The lowest BCUT2D eigenvalue weighted by atomic mass is 10.1. The van der Waals surface area contributed by atoms with E-state index in [1.807, 2.05) is 6.07 Å². The molecule has 4 rings (SSSR count). The van der Waals surface area contributed by atoms with Crippen molar-refractivity contribution in [3.05, 3.63) is 65.2 Å². The Hall–Kier alpha value is -2.85. The fourth-order valence-corrected chi connectivity index (χ4v) is 3.20. The fraction of sp³-hybridized carbons (Fsp3) is 0.190. The second-order valence-electron chi connectivity index (χ2n) is 6.57. The molecule has 1 fully saturated rings. The standard InChI is InChI=1S/C21H20N2O2/c24-21(22-25)12-8-15-7-11-20-18(13-15)10-9-17-3-1-2-4-19(17)23(20)14-16-5-6-16/h1-4,7-13,16,25H,5-6,14H2,(H,22,24). The number of rotatable bonds is 4.